The number of nitrogens with one attached hydrogen (secondary N) is 2. The summed E-state index contributed by atoms with van der Waals surface area (Å²) < 4.78 is 0. The smallest absolute Gasteiger partial charge is 0.255 e. The molecule has 2 heterocycles. The highest BCUT2D eigenvalue weighted by atomic mass is 16.1. The first-order chi connectivity index (χ1) is 9.58. The van der Waals surface area contributed by atoms with Gasteiger partial charge in [0.15, 0.2) is 0 Å². The van der Waals surface area contributed by atoms with Crippen molar-refractivity contribution in [1.29, 1.82) is 0 Å². The van der Waals surface area contributed by atoms with Gasteiger partial charge in [0.05, 0.1) is 5.56 Å². The monoisotopic (exact) mass is 272 g/mol. The quantitative estimate of drug-likeness (QED) is 0.868. The maximum atomic E-state index is 12.0. The molecular weight excluding hydrogens is 252 g/mol. The summed E-state index contributed by atoms with van der Waals surface area (Å²) in [6.07, 6.45) is 4.51. The van der Waals surface area contributed by atoms with E-state index in [9.17, 15) is 4.79 Å². The fraction of sp³-hybridized carbons (Fsp3) is 0.400. The molecule has 0 aliphatic heterocycles. The molecule has 0 spiro atoms. The number of hydrogen-bond acceptors (Lipinski definition) is 4. The van der Waals surface area contributed by atoms with E-state index in [4.69, 9.17) is 0 Å². The van der Waals surface area contributed by atoms with E-state index in [1.165, 1.54) is 5.56 Å². The Labute approximate surface area is 118 Å². The summed E-state index contributed by atoms with van der Waals surface area (Å²) in [7, 11) is 0. The summed E-state index contributed by atoms with van der Waals surface area (Å²) in [5, 5.41) is 3.36. The lowest BCUT2D eigenvalue weighted by Crippen LogP contribution is -2.29. The summed E-state index contributed by atoms with van der Waals surface area (Å²) in [6.45, 7) is 6.44. The van der Waals surface area contributed by atoms with Crippen LogP contribution < -0.4 is 10.9 Å². The predicted molar refractivity (Wildman–Crippen MR) is 78.7 cm³/mol. The summed E-state index contributed by atoms with van der Waals surface area (Å²) in [5.74, 6) is 0.652. The van der Waals surface area contributed by atoms with Gasteiger partial charge in [0.25, 0.3) is 5.56 Å². The van der Waals surface area contributed by atoms with Crippen molar-refractivity contribution >= 4 is 0 Å². The molecule has 0 radical (unpaired) electrons. The minimum absolute atomic E-state index is 0.0245. The molecule has 5 heteroatoms. The van der Waals surface area contributed by atoms with Gasteiger partial charge in [-0.2, -0.15) is 0 Å². The average molecular weight is 272 g/mol. The molecule has 2 rings (SSSR count). The minimum Gasteiger partial charge on any atom is -0.310 e. The molecule has 0 saturated carbocycles. The normalized spacial score (nSPS) is 12.3. The third kappa shape index (κ3) is 3.51. The second-order valence-corrected chi connectivity index (χ2v) is 4.94. The Balaban J connectivity index is 1.99. The molecule has 2 aromatic rings. The first-order valence-corrected chi connectivity index (χ1v) is 6.77. The SMILES string of the molecule is Cc1nc(C)c(C(C)NCCc2cccnc2)c(=O)[nH]1. The van der Waals surface area contributed by atoms with E-state index >= 15 is 0 Å². The third-order valence-corrected chi connectivity index (χ3v) is 3.28. The van der Waals surface area contributed by atoms with Gasteiger partial charge in [-0.25, -0.2) is 4.98 Å². The van der Waals surface area contributed by atoms with Crippen molar-refractivity contribution in [2.24, 2.45) is 0 Å². The van der Waals surface area contributed by atoms with Crippen molar-refractivity contribution in [3.05, 3.63) is 57.5 Å². The fourth-order valence-electron chi connectivity index (χ4n) is 2.33. The molecule has 2 aromatic heterocycles. The molecule has 0 aliphatic carbocycles. The number of aryl methyl sites for hydroxylation is 2. The van der Waals surface area contributed by atoms with Gasteiger partial charge in [-0.1, -0.05) is 6.07 Å². The predicted octanol–water partition coefficient (Wildman–Crippen LogP) is 1.68. The molecule has 2 N–H and O–H groups in total. The number of aromatic nitrogens is 3. The second kappa shape index (κ2) is 6.43. The number of aromatic amines is 1. The van der Waals surface area contributed by atoms with E-state index < -0.39 is 0 Å². The minimum atomic E-state index is -0.0589. The van der Waals surface area contributed by atoms with Gasteiger partial charge in [0, 0.05) is 24.1 Å². The molecule has 0 amide bonds. The molecule has 5 nitrogen and oxygen atoms in total. The molecule has 0 saturated heterocycles. The lowest BCUT2D eigenvalue weighted by atomic mass is 10.1. The number of pyridine rings is 1. The largest absolute Gasteiger partial charge is 0.310 e. The van der Waals surface area contributed by atoms with Crippen LogP contribution in [0.3, 0.4) is 0 Å². The van der Waals surface area contributed by atoms with E-state index in [1.807, 2.05) is 32.2 Å². The number of H-pyrrole nitrogens is 1. The Bertz CT molecular complexity index is 622. The van der Waals surface area contributed by atoms with Crippen LogP contribution in [-0.4, -0.2) is 21.5 Å². The van der Waals surface area contributed by atoms with Crippen LogP contribution in [0.2, 0.25) is 0 Å². The summed E-state index contributed by atoms with van der Waals surface area (Å²) in [4.78, 5) is 23.1. The van der Waals surface area contributed by atoms with Crippen molar-refractivity contribution in [1.82, 2.24) is 20.3 Å². The van der Waals surface area contributed by atoms with Gasteiger partial charge < -0.3 is 10.3 Å². The lowest BCUT2D eigenvalue weighted by Gasteiger charge is -2.15. The molecule has 0 aromatic carbocycles. The highest BCUT2D eigenvalue weighted by Gasteiger charge is 2.13. The molecule has 106 valence electrons. The maximum absolute atomic E-state index is 12.0. The Morgan fingerprint density at radius 1 is 1.40 bits per heavy atom. The Kier molecular flexibility index (Phi) is 4.63. The molecule has 0 bridgehead atoms. The topological polar surface area (TPSA) is 70.7 Å². The Morgan fingerprint density at radius 3 is 2.85 bits per heavy atom. The molecule has 0 aliphatic rings. The van der Waals surface area contributed by atoms with Crippen LogP contribution in [0.5, 0.6) is 0 Å². The lowest BCUT2D eigenvalue weighted by molar-refractivity contribution is 0.565. The van der Waals surface area contributed by atoms with Gasteiger partial charge in [-0.3, -0.25) is 9.78 Å². The van der Waals surface area contributed by atoms with Crippen LogP contribution in [-0.2, 0) is 6.42 Å². The van der Waals surface area contributed by atoms with Crippen molar-refractivity contribution in [3.8, 4) is 0 Å². The fourth-order valence-corrected chi connectivity index (χ4v) is 2.33. The first-order valence-electron chi connectivity index (χ1n) is 6.77. The summed E-state index contributed by atoms with van der Waals surface area (Å²) >= 11 is 0. The zero-order valence-corrected chi connectivity index (χ0v) is 12.1. The Hall–Kier alpha value is -2.01. The summed E-state index contributed by atoms with van der Waals surface area (Å²) in [6, 6.07) is 3.95. The number of rotatable bonds is 5. The van der Waals surface area contributed by atoms with Crippen molar-refractivity contribution in [2.45, 2.75) is 33.2 Å². The van der Waals surface area contributed by atoms with Gasteiger partial charge in [0.1, 0.15) is 5.82 Å². The first kappa shape index (κ1) is 14.4. The van der Waals surface area contributed by atoms with E-state index in [1.54, 1.807) is 13.1 Å². The van der Waals surface area contributed by atoms with Crippen LogP contribution in [0.4, 0.5) is 0 Å². The van der Waals surface area contributed by atoms with E-state index in [0.717, 1.165) is 18.7 Å². The molecule has 1 unspecified atom stereocenters. The summed E-state index contributed by atoms with van der Waals surface area (Å²) in [5.41, 5.74) is 2.62. The molecular formula is C15H20N4O. The number of hydrogen-bond donors (Lipinski definition) is 2. The second-order valence-electron chi connectivity index (χ2n) is 4.94. The van der Waals surface area contributed by atoms with Crippen LogP contribution in [0, 0.1) is 13.8 Å². The molecule has 1 atom stereocenters. The van der Waals surface area contributed by atoms with Crippen LogP contribution >= 0.6 is 0 Å². The number of nitrogens with zero attached hydrogens (tertiary/aromatic N) is 2. The third-order valence-electron chi connectivity index (χ3n) is 3.28. The van der Waals surface area contributed by atoms with Crippen LogP contribution in [0.25, 0.3) is 0 Å². The van der Waals surface area contributed by atoms with Crippen molar-refractivity contribution < 1.29 is 0 Å². The molecule has 20 heavy (non-hydrogen) atoms. The maximum Gasteiger partial charge on any atom is 0.255 e. The van der Waals surface area contributed by atoms with Crippen LogP contribution in [0.1, 0.15) is 35.6 Å². The van der Waals surface area contributed by atoms with E-state index in [2.05, 4.69) is 20.3 Å². The standard InChI is InChI=1S/C15H20N4O/c1-10(14-11(2)18-12(3)19-15(14)20)17-8-6-13-5-4-7-16-9-13/h4-5,7,9-10,17H,6,8H2,1-3H3,(H,18,19,20). The highest BCUT2D eigenvalue weighted by Crippen LogP contribution is 2.10. The van der Waals surface area contributed by atoms with Crippen molar-refractivity contribution in [2.75, 3.05) is 6.54 Å². The van der Waals surface area contributed by atoms with Gasteiger partial charge in [-0.05, 0) is 45.4 Å². The van der Waals surface area contributed by atoms with E-state index in [-0.39, 0.29) is 11.6 Å². The average Bonchev–Trinajstić information content (AvgIpc) is 2.38. The van der Waals surface area contributed by atoms with Crippen molar-refractivity contribution in [3.63, 3.8) is 0 Å². The zero-order chi connectivity index (χ0) is 14.5. The van der Waals surface area contributed by atoms with Gasteiger partial charge >= 0.3 is 0 Å². The van der Waals surface area contributed by atoms with Crippen LogP contribution in [0.15, 0.2) is 29.3 Å². The van der Waals surface area contributed by atoms with Gasteiger partial charge in [0.2, 0.25) is 0 Å². The molecule has 0 fully saturated rings. The zero-order valence-electron chi connectivity index (χ0n) is 12.1. The Morgan fingerprint density at radius 2 is 2.20 bits per heavy atom. The van der Waals surface area contributed by atoms with E-state index in [0.29, 0.717) is 11.4 Å². The van der Waals surface area contributed by atoms with Gasteiger partial charge in [-0.15, -0.1) is 0 Å². The highest BCUT2D eigenvalue weighted by molar-refractivity contribution is 5.20.